The third-order valence-corrected chi connectivity index (χ3v) is 5.63. The molecule has 0 amide bonds. The lowest BCUT2D eigenvalue weighted by Crippen LogP contribution is -2.45. The Kier molecular flexibility index (Phi) is 6.57. The van der Waals surface area contributed by atoms with Gasteiger partial charge in [-0.2, -0.15) is 0 Å². The summed E-state index contributed by atoms with van der Waals surface area (Å²) in [6.07, 6.45) is 0. The van der Waals surface area contributed by atoms with Crippen molar-refractivity contribution in [3.05, 3.63) is 50.3 Å². The fraction of sp³-hybridized carbons (Fsp3) is 0.350. The number of nitrogens with zero attached hydrogens (tertiary/aromatic N) is 2. The van der Waals surface area contributed by atoms with Crippen LogP contribution in [0.25, 0.3) is 0 Å². The summed E-state index contributed by atoms with van der Waals surface area (Å²) in [5.41, 5.74) is -0.468. The summed E-state index contributed by atoms with van der Waals surface area (Å²) in [7, 11) is 2.93. The number of piperazine rings is 1. The lowest BCUT2D eigenvalue weighted by molar-refractivity contribution is 0.0595. The van der Waals surface area contributed by atoms with Crippen LogP contribution >= 0.6 is 22.6 Å². The van der Waals surface area contributed by atoms with E-state index in [4.69, 9.17) is 0 Å². The topological polar surface area (TPSA) is 44.8 Å². The number of anilines is 3. The molecule has 9 heteroatoms. The van der Waals surface area contributed by atoms with Gasteiger partial charge in [-0.25, -0.2) is 18.0 Å². The molecule has 0 spiro atoms. The Morgan fingerprint density at radius 2 is 1.76 bits per heavy atom. The maximum atomic E-state index is 15.5. The van der Waals surface area contributed by atoms with E-state index < -0.39 is 40.4 Å². The number of benzene rings is 2. The Morgan fingerprint density at radius 3 is 2.34 bits per heavy atom. The second-order valence-electron chi connectivity index (χ2n) is 6.91. The van der Waals surface area contributed by atoms with Gasteiger partial charge in [0.05, 0.1) is 12.8 Å². The molecule has 29 heavy (non-hydrogen) atoms. The molecule has 0 atom stereocenters. The predicted octanol–water partition coefficient (Wildman–Crippen LogP) is 4.30. The van der Waals surface area contributed by atoms with Crippen LogP contribution in [0.5, 0.6) is 0 Å². The number of carbonyl (C=O) groups is 1. The van der Waals surface area contributed by atoms with Crippen molar-refractivity contribution in [1.29, 1.82) is 0 Å². The molecule has 0 aliphatic carbocycles. The zero-order valence-electron chi connectivity index (χ0n) is 16.3. The molecule has 1 aliphatic rings. The van der Waals surface area contributed by atoms with E-state index in [1.54, 1.807) is 19.1 Å². The fourth-order valence-electron chi connectivity index (χ4n) is 3.27. The van der Waals surface area contributed by atoms with Crippen molar-refractivity contribution in [2.75, 3.05) is 50.6 Å². The number of nitrogens with one attached hydrogen (secondary N) is 1. The highest BCUT2D eigenvalue weighted by molar-refractivity contribution is 14.1. The van der Waals surface area contributed by atoms with Crippen molar-refractivity contribution < 1.29 is 22.7 Å². The van der Waals surface area contributed by atoms with Crippen LogP contribution in [0.15, 0.2) is 18.2 Å². The average molecular weight is 519 g/mol. The Balaban J connectivity index is 2.17. The molecule has 0 saturated carbocycles. The third kappa shape index (κ3) is 4.30. The quantitative estimate of drug-likeness (QED) is 0.371. The van der Waals surface area contributed by atoms with E-state index in [-0.39, 0.29) is 0 Å². The van der Waals surface area contributed by atoms with Gasteiger partial charge in [0.15, 0.2) is 17.5 Å². The Labute approximate surface area is 181 Å². The number of rotatable bonds is 4. The van der Waals surface area contributed by atoms with E-state index in [2.05, 4.69) is 32.6 Å². The zero-order chi connectivity index (χ0) is 21.3. The number of carbonyl (C=O) groups excluding carboxylic acids is 1. The van der Waals surface area contributed by atoms with E-state index in [1.807, 2.05) is 18.0 Å². The summed E-state index contributed by atoms with van der Waals surface area (Å²) >= 11 is 2.13. The molecule has 0 aromatic heterocycles. The number of methoxy groups -OCH3 is 1. The normalized spacial score (nSPS) is 14.8. The molecule has 0 unspecified atom stereocenters. The van der Waals surface area contributed by atoms with Gasteiger partial charge in [0, 0.05) is 35.4 Å². The molecule has 1 saturated heterocycles. The molecular formula is C20H21F3IN3O2. The largest absolute Gasteiger partial charge is 0.465 e. The highest BCUT2D eigenvalue weighted by Gasteiger charge is 2.33. The SMILES string of the molecule is COC(=O)c1c(F)c(F)c(N2CCN(C)CC2)c(F)c1Nc1ccc(I)cc1C. The van der Waals surface area contributed by atoms with Crippen LogP contribution in [0.4, 0.5) is 30.2 Å². The van der Waals surface area contributed by atoms with E-state index in [0.717, 1.165) is 16.2 Å². The monoisotopic (exact) mass is 519 g/mol. The lowest BCUT2D eigenvalue weighted by Gasteiger charge is -2.35. The van der Waals surface area contributed by atoms with Gasteiger partial charge >= 0.3 is 5.97 Å². The highest BCUT2D eigenvalue weighted by Crippen LogP contribution is 2.38. The minimum absolute atomic E-state index is 0.337. The van der Waals surface area contributed by atoms with Crippen LogP contribution in [-0.2, 0) is 4.74 Å². The first-order chi connectivity index (χ1) is 13.7. The summed E-state index contributed by atoms with van der Waals surface area (Å²) < 4.78 is 50.8. The first-order valence-corrected chi connectivity index (χ1v) is 10.1. The van der Waals surface area contributed by atoms with Gasteiger partial charge < -0.3 is 19.9 Å². The van der Waals surface area contributed by atoms with Crippen LogP contribution in [0.3, 0.4) is 0 Å². The summed E-state index contributed by atoms with van der Waals surface area (Å²) in [5.74, 6) is -5.00. The minimum Gasteiger partial charge on any atom is -0.465 e. The van der Waals surface area contributed by atoms with Crippen molar-refractivity contribution in [3.8, 4) is 0 Å². The van der Waals surface area contributed by atoms with Gasteiger partial charge in [-0.1, -0.05) is 0 Å². The van der Waals surface area contributed by atoms with Crippen molar-refractivity contribution in [1.82, 2.24) is 4.90 Å². The Hall–Kier alpha value is -2.01. The van der Waals surface area contributed by atoms with Crippen molar-refractivity contribution in [3.63, 3.8) is 0 Å². The molecular weight excluding hydrogens is 498 g/mol. The first-order valence-electron chi connectivity index (χ1n) is 9.00. The number of hydrogen-bond donors (Lipinski definition) is 1. The second kappa shape index (κ2) is 8.78. The third-order valence-electron chi connectivity index (χ3n) is 4.95. The molecule has 2 aromatic carbocycles. The second-order valence-corrected chi connectivity index (χ2v) is 8.15. The summed E-state index contributed by atoms with van der Waals surface area (Å²) in [6.45, 7) is 3.63. The number of likely N-dealkylation sites (N-methyl/N-ethyl adjacent to an activating group) is 1. The van der Waals surface area contributed by atoms with Gasteiger partial charge in [0.25, 0.3) is 0 Å². The molecule has 0 radical (unpaired) electrons. The smallest absolute Gasteiger partial charge is 0.343 e. The Bertz CT molecular complexity index is 947. The molecule has 1 N–H and O–H groups in total. The molecule has 1 fully saturated rings. The summed E-state index contributed by atoms with van der Waals surface area (Å²) in [6, 6.07) is 5.32. The zero-order valence-corrected chi connectivity index (χ0v) is 18.4. The fourth-order valence-corrected chi connectivity index (χ4v) is 3.92. The van der Waals surface area contributed by atoms with E-state index in [0.29, 0.717) is 31.9 Å². The van der Waals surface area contributed by atoms with Crippen molar-refractivity contribution >= 4 is 45.6 Å². The first kappa shape index (κ1) is 21.7. The van der Waals surface area contributed by atoms with Crippen molar-refractivity contribution in [2.45, 2.75) is 6.92 Å². The van der Waals surface area contributed by atoms with E-state index >= 15 is 4.39 Å². The van der Waals surface area contributed by atoms with Crippen molar-refractivity contribution in [2.24, 2.45) is 0 Å². The Morgan fingerprint density at radius 1 is 1.10 bits per heavy atom. The summed E-state index contributed by atoms with van der Waals surface area (Å²) in [5, 5.41) is 2.78. The molecule has 3 rings (SSSR count). The minimum atomic E-state index is -1.43. The van der Waals surface area contributed by atoms with Gasteiger partial charge in [-0.3, -0.25) is 0 Å². The molecule has 0 bridgehead atoms. The summed E-state index contributed by atoms with van der Waals surface area (Å²) in [4.78, 5) is 15.6. The van der Waals surface area contributed by atoms with Crippen LogP contribution < -0.4 is 10.2 Å². The van der Waals surface area contributed by atoms with Crippen LogP contribution in [0, 0.1) is 27.9 Å². The van der Waals surface area contributed by atoms with Gasteiger partial charge in [0.2, 0.25) is 0 Å². The van der Waals surface area contributed by atoms with Crippen LogP contribution in [0.1, 0.15) is 15.9 Å². The van der Waals surface area contributed by atoms with Crippen LogP contribution in [0.2, 0.25) is 0 Å². The van der Waals surface area contributed by atoms with E-state index in [1.165, 1.54) is 4.90 Å². The number of hydrogen-bond acceptors (Lipinski definition) is 5. The number of ether oxygens (including phenoxy) is 1. The number of esters is 1. The highest BCUT2D eigenvalue weighted by atomic mass is 127. The van der Waals surface area contributed by atoms with Crippen LogP contribution in [-0.4, -0.2) is 51.2 Å². The molecule has 2 aromatic rings. The maximum absolute atomic E-state index is 15.5. The standard InChI is InChI=1S/C20H21F3IN3O2/c1-11-10-12(24)4-5-13(11)25-18-14(20(28)29-3)15(21)16(22)19(17(18)23)27-8-6-26(2)7-9-27/h4-5,10,25H,6-9H2,1-3H3. The molecule has 1 heterocycles. The number of halogens is 4. The lowest BCUT2D eigenvalue weighted by atomic mass is 10.1. The molecule has 156 valence electrons. The molecule has 1 aliphatic heterocycles. The molecule has 5 nitrogen and oxygen atoms in total. The van der Waals surface area contributed by atoms with Gasteiger partial charge in [0.1, 0.15) is 11.3 Å². The number of aryl methyl sites for hydroxylation is 1. The van der Waals surface area contributed by atoms with Gasteiger partial charge in [-0.15, -0.1) is 0 Å². The average Bonchev–Trinajstić information content (AvgIpc) is 2.69. The van der Waals surface area contributed by atoms with Gasteiger partial charge in [-0.05, 0) is 60.3 Å². The predicted molar refractivity (Wildman–Crippen MR) is 115 cm³/mol. The maximum Gasteiger partial charge on any atom is 0.343 e. The van der Waals surface area contributed by atoms with E-state index in [9.17, 15) is 13.6 Å².